The second kappa shape index (κ2) is 11.5. The van der Waals surface area contributed by atoms with Crippen LogP contribution in [0.5, 0.6) is 0 Å². The summed E-state index contributed by atoms with van der Waals surface area (Å²) in [7, 11) is 0. The lowest BCUT2D eigenvalue weighted by molar-refractivity contribution is -0.107. The van der Waals surface area contributed by atoms with Gasteiger partial charge >= 0.3 is 0 Å². The molecular formula is C13H16O. The number of unbranched alkanes of at least 4 members (excludes halogenated alkanes) is 4. The van der Waals surface area contributed by atoms with Crippen molar-refractivity contribution in [3.05, 3.63) is 12.2 Å². The van der Waals surface area contributed by atoms with Gasteiger partial charge in [-0.15, -0.1) is 5.92 Å². The summed E-state index contributed by atoms with van der Waals surface area (Å²) in [4.78, 5) is 9.99. The largest absolute Gasteiger partial charge is 0.303 e. The molecule has 0 fully saturated rings. The first-order valence-electron chi connectivity index (χ1n) is 4.91. The van der Waals surface area contributed by atoms with Gasteiger partial charge in [-0.25, -0.2) is 0 Å². The average Bonchev–Trinajstić information content (AvgIpc) is 2.21. The fraction of sp³-hybridized carbons (Fsp3) is 0.462. The van der Waals surface area contributed by atoms with E-state index in [0.29, 0.717) is 6.42 Å². The van der Waals surface area contributed by atoms with Crippen molar-refractivity contribution in [3.63, 3.8) is 0 Å². The minimum absolute atomic E-state index is 0.680. The fourth-order valence-electron chi connectivity index (χ4n) is 0.916. The van der Waals surface area contributed by atoms with Crippen molar-refractivity contribution in [2.24, 2.45) is 0 Å². The van der Waals surface area contributed by atoms with Crippen LogP contribution in [0, 0.1) is 23.7 Å². The zero-order chi connectivity index (χ0) is 10.5. The van der Waals surface area contributed by atoms with Crippen LogP contribution in [0.2, 0.25) is 0 Å². The second-order valence-corrected chi connectivity index (χ2v) is 2.81. The van der Waals surface area contributed by atoms with Gasteiger partial charge in [-0.3, -0.25) is 0 Å². The molecule has 0 spiro atoms. The lowest BCUT2D eigenvalue weighted by Crippen LogP contribution is -1.77. The molecule has 0 N–H and O–H groups in total. The first-order chi connectivity index (χ1) is 6.91. The first kappa shape index (κ1) is 12.5. The zero-order valence-corrected chi connectivity index (χ0v) is 8.68. The van der Waals surface area contributed by atoms with Gasteiger partial charge in [0, 0.05) is 12.8 Å². The molecule has 0 bridgehead atoms. The summed E-state index contributed by atoms with van der Waals surface area (Å²) in [6.45, 7) is 1.80. The number of carbonyl (C=O) groups excluding carboxylic acids is 1. The number of rotatable bonds is 5. The minimum atomic E-state index is 0.680. The predicted octanol–water partition coefficient (Wildman–Crippen LogP) is 2.72. The zero-order valence-electron chi connectivity index (χ0n) is 8.68. The predicted molar refractivity (Wildman–Crippen MR) is 59.5 cm³/mol. The highest BCUT2D eigenvalue weighted by molar-refractivity contribution is 5.48. The Morgan fingerprint density at radius 3 is 2.57 bits per heavy atom. The van der Waals surface area contributed by atoms with E-state index in [1.54, 1.807) is 19.1 Å². The summed E-state index contributed by atoms with van der Waals surface area (Å²) in [5.74, 6) is 11.5. The van der Waals surface area contributed by atoms with Gasteiger partial charge in [0.2, 0.25) is 0 Å². The molecule has 0 aromatic rings. The Kier molecular flexibility index (Phi) is 10.3. The molecule has 0 radical (unpaired) electrons. The van der Waals surface area contributed by atoms with E-state index >= 15 is 0 Å². The monoisotopic (exact) mass is 188 g/mol. The van der Waals surface area contributed by atoms with Crippen LogP contribution >= 0.6 is 0 Å². The summed E-state index contributed by atoms with van der Waals surface area (Å²) >= 11 is 0. The van der Waals surface area contributed by atoms with Crippen LogP contribution in [-0.2, 0) is 4.79 Å². The maximum absolute atomic E-state index is 9.99. The van der Waals surface area contributed by atoms with Crippen LogP contribution in [-0.4, -0.2) is 6.29 Å². The molecular weight excluding hydrogens is 172 g/mol. The van der Waals surface area contributed by atoms with Crippen molar-refractivity contribution < 1.29 is 4.79 Å². The average molecular weight is 188 g/mol. The Labute approximate surface area is 86.6 Å². The molecule has 0 aliphatic heterocycles. The van der Waals surface area contributed by atoms with Gasteiger partial charge in [0.05, 0.1) is 0 Å². The highest BCUT2D eigenvalue weighted by Crippen LogP contribution is 2.00. The molecule has 74 valence electrons. The third-order valence-corrected chi connectivity index (χ3v) is 1.62. The van der Waals surface area contributed by atoms with Crippen LogP contribution in [0.1, 0.15) is 39.0 Å². The van der Waals surface area contributed by atoms with Crippen LogP contribution in [0.3, 0.4) is 0 Å². The van der Waals surface area contributed by atoms with Crippen molar-refractivity contribution in [2.75, 3.05) is 0 Å². The van der Waals surface area contributed by atoms with Crippen molar-refractivity contribution in [2.45, 2.75) is 39.0 Å². The van der Waals surface area contributed by atoms with E-state index in [2.05, 4.69) is 23.7 Å². The lowest BCUT2D eigenvalue weighted by atomic mass is 10.1. The molecule has 0 atom stereocenters. The van der Waals surface area contributed by atoms with Gasteiger partial charge < -0.3 is 4.79 Å². The van der Waals surface area contributed by atoms with Gasteiger partial charge in [0.1, 0.15) is 6.29 Å². The van der Waals surface area contributed by atoms with E-state index in [9.17, 15) is 4.79 Å². The van der Waals surface area contributed by atoms with E-state index in [1.165, 1.54) is 0 Å². The van der Waals surface area contributed by atoms with Crippen LogP contribution in [0.25, 0.3) is 0 Å². The molecule has 0 heterocycles. The topological polar surface area (TPSA) is 17.1 Å². The van der Waals surface area contributed by atoms with Gasteiger partial charge in [-0.05, 0) is 31.9 Å². The summed E-state index contributed by atoms with van der Waals surface area (Å²) in [6, 6.07) is 0. The number of hydrogen-bond donors (Lipinski definition) is 0. The standard InChI is InChI=1S/C13H16O/c1-2-3-4-5-6-7-8-9-10-11-12-13-14/h4-5,13H,8-12H2,1H3. The molecule has 0 aliphatic rings. The minimum Gasteiger partial charge on any atom is -0.303 e. The fourth-order valence-corrected chi connectivity index (χ4v) is 0.916. The maximum atomic E-state index is 9.99. The molecule has 0 saturated carbocycles. The molecule has 1 heteroatoms. The smallest absolute Gasteiger partial charge is 0.119 e. The molecule has 14 heavy (non-hydrogen) atoms. The molecule has 0 aromatic heterocycles. The second-order valence-electron chi connectivity index (χ2n) is 2.81. The van der Waals surface area contributed by atoms with Crippen LogP contribution < -0.4 is 0 Å². The van der Waals surface area contributed by atoms with E-state index in [-0.39, 0.29) is 0 Å². The highest BCUT2D eigenvalue weighted by Gasteiger charge is 1.85. The quantitative estimate of drug-likeness (QED) is 0.368. The van der Waals surface area contributed by atoms with Gasteiger partial charge in [0.15, 0.2) is 0 Å². The summed E-state index contributed by atoms with van der Waals surface area (Å²) in [6.07, 6.45) is 9.23. The van der Waals surface area contributed by atoms with Crippen LogP contribution in [0.15, 0.2) is 12.2 Å². The third kappa shape index (κ3) is 10.5. The lowest BCUT2D eigenvalue weighted by Gasteiger charge is -1.90. The Morgan fingerprint density at radius 2 is 1.86 bits per heavy atom. The molecule has 0 rings (SSSR count). The van der Waals surface area contributed by atoms with E-state index in [1.807, 2.05) is 0 Å². The van der Waals surface area contributed by atoms with E-state index in [0.717, 1.165) is 32.0 Å². The number of hydrogen-bond acceptors (Lipinski definition) is 1. The van der Waals surface area contributed by atoms with Crippen LogP contribution in [0.4, 0.5) is 0 Å². The Bertz CT molecular complexity index is 278. The molecule has 0 aromatic carbocycles. The van der Waals surface area contributed by atoms with Crippen molar-refractivity contribution in [1.82, 2.24) is 0 Å². The Hall–Kier alpha value is -1.47. The molecule has 0 saturated heterocycles. The SMILES string of the molecule is CC#CC=CC#CCCCCCC=O. The Morgan fingerprint density at radius 1 is 1.07 bits per heavy atom. The molecule has 0 unspecified atom stereocenters. The molecule has 1 nitrogen and oxygen atoms in total. The Balaban J connectivity index is 3.32. The van der Waals surface area contributed by atoms with E-state index < -0.39 is 0 Å². The third-order valence-electron chi connectivity index (χ3n) is 1.62. The summed E-state index contributed by atoms with van der Waals surface area (Å²) in [5, 5.41) is 0. The normalized spacial score (nSPS) is 8.64. The number of aldehydes is 1. The number of allylic oxidation sites excluding steroid dienone is 2. The van der Waals surface area contributed by atoms with Gasteiger partial charge in [0.25, 0.3) is 0 Å². The first-order valence-corrected chi connectivity index (χ1v) is 4.91. The van der Waals surface area contributed by atoms with E-state index in [4.69, 9.17) is 0 Å². The number of carbonyl (C=O) groups is 1. The molecule has 0 aliphatic carbocycles. The summed E-state index contributed by atoms with van der Waals surface area (Å²) < 4.78 is 0. The van der Waals surface area contributed by atoms with Gasteiger partial charge in [-0.1, -0.05) is 24.2 Å². The maximum Gasteiger partial charge on any atom is 0.119 e. The van der Waals surface area contributed by atoms with Gasteiger partial charge in [-0.2, -0.15) is 0 Å². The highest BCUT2D eigenvalue weighted by atomic mass is 16.1. The van der Waals surface area contributed by atoms with Crippen molar-refractivity contribution in [1.29, 1.82) is 0 Å². The summed E-state index contributed by atoms with van der Waals surface area (Å²) in [5.41, 5.74) is 0. The van der Waals surface area contributed by atoms with Crippen molar-refractivity contribution >= 4 is 6.29 Å². The van der Waals surface area contributed by atoms with Crippen molar-refractivity contribution in [3.8, 4) is 23.7 Å². The molecule has 0 amide bonds.